The molecule has 0 aliphatic heterocycles. The van der Waals surface area contributed by atoms with Gasteiger partial charge >= 0.3 is 0 Å². The highest BCUT2D eigenvalue weighted by molar-refractivity contribution is 6.04. The van der Waals surface area contributed by atoms with Gasteiger partial charge in [0.2, 0.25) is 0 Å². The van der Waals surface area contributed by atoms with Crippen LogP contribution in [0.1, 0.15) is 34.8 Å². The lowest BCUT2D eigenvalue weighted by atomic mass is 10.1. The molecule has 0 spiro atoms. The standard InChI is InChI=1S/C17H19NO/c1-3-4-14-7-11-16(12-8-14)18-17(19)15-9-5-13(2)6-10-15/h5-12H,3-4H2,1-2H3,(H,18,19). The molecule has 0 bridgehead atoms. The second-order valence-corrected chi connectivity index (χ2v) is 4.77. The van der Waals surface area contributed by atoms with E-state index in [4.69, 9.17) is 0 Å². The normalized spacial score (nSPS) is 10.2. The van der Waals surface area contributed by atoms with Crippen LogP contribution in [0.5, 0.6) is 0 Å². The third-order valence-corrected chi connectivity index (χ3v) is 3.06. The maximum atomic E-state index is 12.0. The molecule has 98 valence electrons. The Hall–Kier alpha value is -2.09. The zero-order valence-corrected chi connectivity index (χ0v) is 11.4. The van der Waals surface area contributed by atoms with Crippen LogP contribution in [0, 0.1) is 6.92 Å². The van der Waals surface area contributed by atoms with Crippen molar-refractivity contribution < 1.29 is 4.79 Å². The highest BCUT2D eigenvalue weighted by atomic mass is 16.1. The average Bonchev–Trinajstić information content (AvgIpc) is 2.42. The number of hydrogen-bond acceptors (Lipinski definition) is 1. The third-order valence-electron chi connectivity index (χ3n) is 3.06. The molecule has 0 fully saturated rings. The highest BCUT2D eigenvalue weighted by Crippen LogP contribution is 2.13. The summed E-state index contributed by atoms with van der Waals surface area (Å²) in [5, 5.41) is 2.91. The minimum atomic E-state index is -0.0664. The number of benzene rings is 2. The first-order valence-corrected chi connectivity index (χ1v) is 6.66. The van der Waals surface area contributed by atoms with E-state index in [2.05, 4.69) is 24.4 Å². The van der Waals surface area contributed by atoms with E-state index in [-0.39, 0.29) is 5.91 Å². The van der Waals surface area contributed by atoms with Crippen molar-refractivity contribution in [1.82, 2.24) is 0 Å². The molecule has 1 amide bonds. The van der Waals surface area contributed by atoms with Gasteiger partial charge in [-0.2, -0.15) is 0 Å². The van der Waals surface area contributed by atoms with Crippen molar-refractivity contribution in [2.75, 3.05) is 5.32 Å². The number of anilines is 1. The topological polar surface area (TPSA) is 29.1 Å². The van der Waals surface area contributed by atoms with Crippen LogP contribution in [0.25, 0.3) is 0 Å². The molecule has 0 radical (unpaired) electrons. The molecule has 0 heterocycles. The molecule has 0 aromatic heterocycles. The van der Waals surface area contributed by atoms with Gasteiger partial charge in [-0.15, -0.1) is 0 Å². The van der Waals surface area contributed by atoms with E-state index < -0.39 is 0 Å². The van der Waals surface area contributed by atoms with Gasteiger partial charge in [-0.3, -0.25) is 4.79 Å². The number of amides is 1. The molecule has 2 nitrogen and oxygen atoms in total. The predicted molar refractivity (Wildman–Crippen MR) is 79.6 cm³/mol. The SMILES string of the molecule is CCCc1ccc(NC(=O)c2ccc(C)cc2)cc1. The first-order chi connectivity index (χ1) is 9.19. The molecule has 0 unspecified atom stereocenters. The van der Waals surface area contributed by atoms with Crippen LogP contribution in [-0.4, -0.2) is 5.91 Å². The Morgan fingerprint density at radius 1 is 1.00 bits per heavy atom. The zero-order chi connectivity index (χ0) is 13.7. The summed E-state index contributed by atoms with van der Waals surface area (Å²) >= 11 is 0. The third kappa shape index (κ3) is 3.68. The predicted octanol–water partition coefficient (Wildman–Crippen LogP) is 4.20. The van der Waals surface area contributed by atoms with Crippen molar-refractivity contribution in [3.8, 4) is 0 Å². The Kier molecular flexibility index (Phi) is 4.35. The van der Waals surface area contributed by atoms with Crippen molar-refractivity contribution in [3.63, 3.8) is 0 Å². The minimum Gasteiger partial charge on any atom is -0.322 e. The summed E-state index contributed by atoms with van der Waals surface area (Å²) < 4.78 is 0. The Bertz CT molecular complexity index is 540. The minimum absolute atomic E-state index is 0.0664. The van der Waals surface area contributed by atoms with E-state index >= 15 is 0 Å². The fraction of sp³-hybridized carbons (Fsp3) is 0.235. The molecule has 0 saturated heterocycles. The van der Waals surface area contributed by atoms with E-state index in [0.717, 1.165) is 24.1 Å². The van der Waals surface area contributed by atoms with Gasteiger partial charge in [0.05, 0.1) is 0 Å². The first-order valence-electron chi connectivity index (χ1n) is 6.66. The monoisotopic (exact) mass is 253 g/mol. The fourth-order valence-electron chi connectivity index (χ4n) is 1.95. The molecule has 0 aliphatic rings. The molecule has 0 atom stereocenters. The Balaban J connectivity index is 2.04. The van der Waals surface area contributed by atoms with E-state index in [1.807, 2.05) is 43.3 Å². The van der Waals surface area contributed by atoms with Crippen LogP contribution in [0.3, 0.4) is 0 Å². The molecular weight excluding hydrogens is 234 g/mol. The molecule has 2 aromatic rings. The van der Waals surface area contributed by atoms with Gasteiger partial charge in [-0.05, 0) is 43.2 Å². The van der Waals surface area contributed by atoms with E-state index in [9.17, 15) is 4.79 Å². The number of carbonyl (C=O) groups is 1. The Morgan fingerprint density at radius 3 is 2.21 bits per heavy atom. The van der Waals surface area contributed by atoms with Gasteiger partial charge in [-0.25, -0.2) is 0 Å². The summed E-state index contributed by atoms with van der Waals surface area (Å²) in [5.41, 5.74) is 3.98. The summed E-state index contributed by atoms with van der Waals surface area (Å²) in [6, 6.07) is 15.6. The smallest absolute Gasteiger partial charge is 0.255 e. The van der Waals surface area contributed by atoms with Gasteiger partial charge in [0, 0.05) is 11.3 Å². The van der Waals surface area contributed by atoms with E-state index in [1.54, 1.807) is 0 Å². The fourth-order valence-corrected chi connectivity index (χ4v) is 1.95. The van der Waals surface area contributed by atoms with Crippen LogP contribution in [0.15, 0.2) is 48.5 Å². The number of rotatable bonds is 4. The van der Waals surface area contributed by atoms with Crippen LogP contribution < -0.4 is 5.32 Å². The lowest BCUT2D eigenvalue weighted by molar-refractivity contribution is 0.102. The number of hydrogen-bond donors (Lipinski definition) is 1. The maximum absolute atomic E-state index is 12.0. The van der Waals surface area contributed by atoms with Gasteiger partial charge in [0.1, 0.15) is 0 Å². The van der Waals surface area contributed by atoms with Crippen molar-refractivity contribution in [1.29, 1.82) is 0 Å². The lowest BCUT2D eigenvalue weighted by Gasteiger charge is -2.06. The summed E-state index contributed by atoms with van der Waals surface area (Å²) in [6.45, 7) is 4.17. The Morgan fingerprint density at radius 2 is 1.63 bits per heavy atom. The molecular formula is C17H19NO. The van der Waals surface area contributed by atoms with Crippen LogP contribution in [-0.2, 0) is 6.42 Å². The van der Waals surface area contributed by atoms with Crippen molar-refractivity contribution >= 4 is 11.6 Å². The molecule has 19 heavy (non-hydrogen) atoms. The van der Waals surface area contributed by atoms with Crippen molar-refractivity contribution in [2.45, 2.75) is 26.7 Å². The zero-order valence-electron chi connectivity index (χ0n) is 11.4. The summed E-state index contributed by atoms with van der Waals surface area (Å²) in [7, 11) is 0. The van der Waals surface area contributed by atoms with E-state index in [0.29, 0.717) is 5.56 Å². The van der Waals surface area contributed by atoms with Crippen molar-refractivity contribution in [2.24, 2.45) is 0 Å². The van der Waals surface area contributed by atoms with Crippen LogP contribution >= 0.6 is 0 Å². The first kappa shape index (κ1) is 13.3. The largest absolute Gasteiger partial charge is 0.322 e. The average molecular weight is 253 g/mol. The summed E-state index contributed by atoms with van der Waals surface area (Å²) in [5.74, 6) is -0.0664. The van der Waals surface area contributed by atoms with Crippen LogP contribution in [0.4, 0.5) is 5.69 Å². The molecule has 0 saturated carbocycles. The second-order valence-electron chi connectivity index (χ2n) is 4.77. The summed E-state index contributed by atoms with van der Waals surface area (Å²) in [4.78, 5) is 12.0. The number of nitrogens with one attached hydrogen (secondary N) is 1. The maximum Gasteiger partial charge on any atom is 0.255 e. The quantitative estimate of drug-likeness (QED) is 0.869. The molecule has 2 aromatic carbocycles. The van der Waals surface area contributed by atoms with Crippen LogP contribution in [0.2, 0.25) is 0 Å². The molecule has 2 heteroatoms. The van der Waals surface area contributed by atoms with Gasteiger partial charge in [0.25, 0.3) is 5.91 Å². The Labute approximate surface area is 114 Å². The molecule has 1 N–H and O–H groups in total. The molecule has 0 aliphatic carbocycles. The highest BCUT2D eigenvalue weighted by Gasteiger charge is 2.05. The van der Waals surface area contributed by atoms with E-state index in [1.165, 1.54) is 5.56 Å². The molecule has 2 rings (SSSR count). The number of carbonyl (C=O) groups excluding carboxylic acids is 1. The second kappa shape index (κ2) is 6.19. The number of aryl methyl sites for hydroxylation is 2. The summed E-state index contributed by atoms with van der Waals surface area (Å²) in [6.07, 6.45) is 2.21. The van der Waals surface area contributed by atoms with Crippen molar-refractivity contribution in [3.05, 3.63) is 65.2 Å². The van der Waals surface area contributed by atoms with Gasteiger partial charge < -0.3 is 5.32 Å². The van der Waals surface area contributed by atoms with Gasteiger partial charge in [-0.1, -0.05) is 43.2 Å². The van der Waals surface area contributed by atoms with Gasteiger partial charge in [0.15, 0.2) is 0 Å². The lowest BCUT2D eigenvalue weighted by Crippen LogP contribution is -2.11.